The summed E-state index contributed by atoms with van der Waals surface area (Å²) < 4.78 is 0. The summed E-state index contributed by atoms with van der Waals surface area (Å²) in [7, 11) is 0. The summed E-state index contributed by atoms with van der Waals surface area (Å²) in [4.78, 5) is 13.0. The van der Waals surface area contributed by atoms with Crippen LogP contribution in [0.25, 0.3) is 0 Å². The van der Waals surface area contributed by atoms with Crippen molar-refractivity contribution in [1.29, 1.82) is 0 Å². The van der Waals surface area contributed by atoms with Crippen LogP contribution in [0.1, 0.15) is 17.4 Å². The molecule has 0 unspecified atom stereocenters. The number of nitrogens with one attached hydrogen (secondary N) is 1. The average molecular weight is 221 g/mol. The lowest BCUT2D eigenvalue weighted by Crippen LogP contribution is -2.57. The third-order valence-corrected chi connectivity index (χ3v) is 2.74. The van der Waals surface area contributed by atoms with Gasteiger partial charge in [0, 0.05) is 19.6 Å². The number of amides is 1. The summed E-state index contributed by atoms with van der Waals surface area (Å²) in [6.45, 7) is 4.87. The second-order valence-electron chi connectivity index (χ2n) is 3.74. The lowest BCUT2D eigenvalue weighted by molar-refractivity contribution is 0.0994. The molecule has 0 radical (unpaired) electrons. The molecule has 1 aliphatic rings. The number of rotatable bonds is 4. The third-order valence-electron chi connectivity index (χ3n) is 2.74. The molecule has 2 rings (SSSR count). The van der Waals surface area contributed by atoms with Crippen molar-refractivity contribution >= 4 is 11.7 Å². The van der Waals surface area contributed by atoms with E-state index in [1.807, 2.05) is 0 Å². The molecule has 0 saturated carbocycles. The predicted octanol–water partition coefficient (Wildman–Crippen LogP) is -0.626. The lowest BCUT2D eigenvalue weighted by Gasteiger charge is -2.38. The van der Waals surface area contributed by atoms with Gasteiger partial charge in [0.15, 0.2) is 11.5 Å². The molecule has 6 nitrogen and oxygen atoms in total. The van der Waals surface area contributed by atoms with Gasteiger partial charge in [0.25, 0.3) is 5.91 Å². The van der Waals surface area contributed by atoms with Gasteiger partial charge in [0.05, 0.1) is 6.04 Å². The number of carbonyl (C=O) groups is 1. The minimum absolute atomic E-state index is 0.200. The van der Waals surface area contributed by atoms with Crippen molar-refractivity contribution < 1.29 is 4.79 Å². The van der Waals surface area contributed by atoms with Gasteiger partial charge in [-0.05, 0) is 19.1 Å². The van der Waals surface area contributed by atoms with Crippen LogP contribution in [0.2, 0.25) is 0 Å². The van der Waals surface area contributed by atoms with E-state index in [1.54, 1.807) is 12.1 Å². The van der Waals surface area contributed by atoms with E-state index in [0.717, 1.165) is 25.5 Å². The Morgan fingerprint density at radius 3 is 2.69 bits per heavy atom. The summed E-state index contributed by atoms with van der Waals surface area (Å²) in [6.07, 6.45) is 0. The largest absolute Gasteiger partial charge is 0.364 e. The second kappa shape index (κ2) is 4.44. The van der Waals surface area contributed by atoms with E-state index in [9.17, 15) is 4.79 Å². The maximum Gasteiger partial charge on any atom is 0.269 e. The molecule has 0 aliphatic carbocycles. The van der Waals surface area contributed by atoms with E-state index in [0.29, 0.717) is 6.04 Å². The Morgan fingerprint density at radius 2 is 2.31 bits per heavy atom. The van der Waals surface area contributed by atoms with Crippen molar-refractivity contribution in [1.82, 2.24) is 15.5 Å². The van der Waals surface area contributed by atoms with Crippen LogP contribution >= 0.6 is 0 Å². The Bertz CT molecular complexity index is 373. The Hall–Kier alpha value is -1.69. The van der Waals surface area contributed by atoms with E-state index in [-0.39, 0.29) is 5.69 Å². The highest BCUT2D eigenvalue weighted by Crippen LogP contribution is 2.15. The van der Waals surface area contributed by atoms with E-state index in [2.05, 4.69) is 27.3 Å². The topological polar surface area (TPSA) is 84.1 Å². The van der Waals surface area contributed by atoms with Crippen LogP contribution in [0.3, 0.4) is 0 Å². The van der Waals surface area contributed by atoms with Crippen LogP contribution in [0.4, 0.5) is 5.82 Å². The molecule has 16 heavy (non-hydrogen) atoms. The highest BCUT2D eigenvalue weighted by Gasteiger charge is 2.24. The van der Waals surface area contributed by atoms with E-state index in [4.69, 9.17) is 5.73 Å². The summed E-state index contributed by atoms with van der Waals surface area (Å²) in [5.41, 5.74) is 5.31. The molecule has 1 saturated heterocycles. The van der Waals surface area contributed by atoms with E-state index < -0.39 is 5.91 Å². The minimum Gasteiger partial charge on any atom is -0.364 e. The SMILES string of the molecule is CCN(c1ccc(C(N)=O)nn1)C1CNC1. The van der Waals surface area contributed by atoms with Gasteiger partial charge in [-0.25, -0.2) is 0 Å². The van der Waals surface area contributed by atoms with Crippen molar-refractivity contribution in [3.63, 3.8) is 0 Å². The molecular weight excluding hydrogens is 206 g/mol. The zero-order chi connectivity index (χ0) is 11.5. The van der Waals surface area contributed by atoms with Gasteiger partial charge in [-0.2, -0.15) is 0 Å². The molecule has 0 atom stereocenters. The van der Waals surface area contributed by atoms with Crippen molar-refractivity contribution in [3.05, 3.63) is 17.8 Å². The number of carbonyl (C=O) groups excluding carboxylic acids is 1. The number of nitrogens with two attached hydrogens (primary N) is 1. The molecule has 0 bridgehead atoms. The van der Waals surface area contributed by atoms with Crippen LogP contribution < -0.4 is 16.0 Å². The molecular formula is C10H15N5O. The van der Waals surface area contributed by atoms with Crippen molar-refractivity contribution in [3.8, 4) is 0 Å². The average Bonchev–Trinajstić information content (AvgIpc) is 2.23. The highest BCUT2D eigenvalue weighted by atomic mass is 16.1. The molecule has 0 spiro atoms. The van der Waals surface area contributed by atoms with Crippen LogP contribution in [0, 0.1) is 0 Å². The smallest absolute Gasteiger partial charge is 0.269 e. The zero-order valence-electron chi connectivity index (χ0n) is 9.18. The van der Waals surface area contributed by atoms with E-state index >= 15 is 0 Å². The van der Waals surface area contributed by atoms with Gasteiger partial charge in [-0.1, -0.05) is 0 Å². The minimum atomic E-state index is -0.549. The van der Waals surface area contributed by atoms with Crippen molar-refractivity contribution in [2.75, 3.05) is 24.5 Å². The summed E-state index contributed by atoms with van der Waals surface area (Å²) in [6, 6.07) is 3.87. The summed E-state index contributed by atoms with van der Waals surface area (Å²) in [5, 5.41) is 11.0. The molecule has 6 heteroatoms. The van der Waals surface area contributed by atoms with Crippen molar-refractivity contribution in [2.45, 2.75) is 13.0 Å². The van der Waals surface area contributed by atoms with Gasteiger partial charge in [0.1, 0.15) is 0 Å². The van der Waals surface area contributed by atoms with Gasteiger partial charge in [0.2, 0.25) is 0 Å². The number of anilines is 1. The number of aromatic nitrogens is 2. The van der Waals surface area contributed by atoms with Crippen LogP contribution in [-0.2, 0) is 0 Å². The number of nitrogens with zero attached hydrogens (tertiary/aromatic N) is 3. The lowest BCUT2D eigenvalue weighted by atomic mass is 10.1. The molecule has 1 aliphatic heterocycles. The fraction of sp³-hybridized carbons (Fsp3) is 0.500. The quantitative estimate of drug-likeness (QED) is 0.707. The predicted molar refractivity (Wildman–Crippen MR) is 60.2 cm³/mol. The number of likely N-dealkylation sites (N-methyl/N-ethyl adjacent to an activating group) is 1. The number of primary amides is 1. The standard InChI is InChI=1S/C10H15N5O/c1-2-15(7-5-12-6-7)9-4-3-8(10(11)16)13-14-9/h3-4,7,12H,2,5-6H2,1H3,(H2,11,16). The third kappa shape index (κ3) is 1.96. The molecule has 86 valence electrons. The summed E-state index contributed by atoms with van der Waals surface area (Å²) >= 11 is 0. The monoisotopic (exact) mass is 221 g/mol. The molecule has 2 heterocycles. The number of hydrogen-bond acceptors (Lipinski definition) is 5. The zero-order valence-corrected chi connectivity index (χ0v) is 9.18. The molecule has 1 aromatic rings. The van der Waals surface area contributed by atoms with Crippen LogP contribution in [0.5, 0.6) is 0 Å². The first-order valence-corrected chi connectivity index (χ1v) is 5.33. The van der Waals surface area contributed by atoms with E-state index in [1.165, 1.54) is 0 Å². The first kappa shape index (κ1) is 10.8. The first-order chi connectivity index (χ1) is 7.72. The maximum atomic E-state index is 10.8. The Balaban J connectivity index is 2.15. The molecule has 1 aromatic heterocycles. The summed E-state index contributed by atoms with van der Waals surface area (Å²) in [5.74, 6) is 0.242. The Labute approximate surface area is 93.8 Å². The van der Waals surface area contributed by atoms with Gasteiger partial charge in [-0.15, -0.1) is 10.2 Å². The second-order valence-corrected chi connectivity index (χ2v) is 3.74. The fourth-order valence-electron chi connectivity index (χ4n) is 1.71. The number of hydrogen-bond donors (Lipinski definition) is 2. The van der Waals surface area contributed by atoms with Gasteiger partial charge < -0.3 is 16.0 Å². The van der Waals surface area contributed by atoms with Gasteiger partial charge >= 0.3 is 0 Å². The molecule has 1 amide bonds. The highest BCUT2D eigenvalue weighted by molar-refractivity contribution is 5.90. The normalized spacial score (nSPS) is 15.6. The Kier molecular flexibility index (Phi) is 3.00. The van der Waals surface area contributed by atoms with Crippen LogP contribution in [-0.4, -0.2) is 41.8 Å². The maximum absolute atomic E-state index is 10.8. The molecule has 3 N–H and O–H groups in total. The fourth-order valence-corrected chi connectivity index (χ4v) is 1.71. The first-order valence-electron chi connectivity index (χ1n) is 5.33. The molecule has 0 aromatic carbocycles. The van der Waals surface area contributed by atoms with Crippen LogP contribution in [0.15, 0.2) is 12.1 Å². The van der Waals surface area contributed by atoms with Gasteiger partial charge in [-0.3, -0.25) is 4.79 Å². The Morgan fingerprint density at radius 1 is 1.56 bits per heavy atom. The van der Waals surface area contributed by atoms with Crippen molar-refractivity contribution in [2.24, 2.45) is 5.73 Å². The molecule has 1 fully saturated rings.